The van der Waals surface area contributed by atoms with Crippen LogP contribution in [0.15, 0.2) is 11.6 Å². The van der Waals surface area contributed by atoms with Gasteiger partial charge in [0.25, 0.3) is 0 Å². The van der Waals surface area contributed by atoms with Crippen molar-refractivity contribution < 1.29 is 9.90 Å². The van der Waals surface area contributed by atoms with Crippen LogP contribution in [0.2, 0.25) is 0 Å². The smallest absolute Gasteiger partial charge is 0.328 e. The van der Waals surface area contributed by atoms with Crippen molar-refractivity contribution in [2.45, 2.75) is 46.6 Å². The highest BCUT2D eigenvalue weighted by atomic mass is 16.4. The first-order chi connectivity index (χ1) is 7.01. The van der Waals surface area contributed by atoms with Gasteiger partial charge in [-0.1, -0.05) is 32.3 Å². The fraction of sp³-hybridized carbons (Fsp3) is 0.750. The monoisotopic (exact) mass is 213 g/mol. The molecule has 88 valence electrons. The molecule has 2 N–H and O–H groups in total. The molecular weight excluding hydrogens is 190 g/mol. The van der Waals surface area contributed by atoms with E-state index in [2.05, 4.69) is 26.1 Å². The summed E-state index contributed by atoms with van der Waals surface area (Å²) in [7, 11) is 0. The summed E-state index contributed by atoms with van der Waals surface area (Å²) < 4.78 is 0. The van der Waals surface area contributed by atoms with Crippen molar-refractivity contribution in [1.82, 2.24) is 5.32 Å². The van der Waals surface area contributed by atoms with Crippen LogP contribution >= 0.6 is 0 Å². The number of hydrogen-bond donors (Lipinski definition) is 2. The van der Waals surface area contributed by atoms with Crippen LogP contribution in [0, 0.1) is 5.92 Å². The molecule has 0 saturated carbocycles. The lowest BCUT2D eigenvalue weighted by Crippen LogP contribution is -2.34. The van der Waals surface area contributed by atoms with Gasteiger partial charge in [-0.05, 0) is 19.8 Å². The van der Waals surface area contributed by atoms with E-state index in [1.54, 1.807) is 0 Å². The molecule has 0 heterocycles. The van der Waals surface area contributed by atoms with E-state index >= 15 is 0 Å². The number of nitrogens with one attached hydrogen (secondary N) is 1. The van der Waals surface area contributed by atoms with Gasteiger partial charge in [-0.15, -0.1) is 0 Å². The zero-order chi connectivity index (χ0) is 11.8. The molecule has 1 unspecified atom stereocenters. The average Bonchev–Trinajstić information content (AvgIpc) is 2.15. The summed E-state index contributed by atoms with van der Waals surface area (Å²) in [6.45, 7) is 9.02. The molecule has 3 nitrogen and oxygen atoms in total. The molecule has 0 aromatic heterocycles. The molecule has 1 atom stereocenters. The van der Waals surface area contributed by atoms with Gasteiger partial charge in [0.2, 0.25) is 0 Å². The van der Waals surface area contributed by atoms with Crippen LogP contribution < -0.4 is 5.32 Å². The summed E-state index contributed by atoms with van der Waals surface area (Å²) in [4.78, 5) is 10.4. The van der Waals surface area contributed by atoms with Crippen LogP contribution in [0.4, 0.5) is 0 Å². The maximum Gasteiger partial charge on any atom is 0.328 e. The van der Waals surface area contributed by atoms with Crippen LogP contribution in [0.1, 0.15) is 40.5 Å². The van der Waals surface area contributed by atoms with Gasteiger partial charge in [-0.2, -0.15) is 0 Å². The molecule has 0 spiro atoms. The van der Waals surface area contributed by atoms with Crippen molar-refractivity contribution in [2.75, 3.05) is 6.54 Å². The molecular formula is C12H23NO2. The molecule has 0 bridgehead atoms. The minimum absolute atomic E-state index is 0.442. The Morgan fingerprint density at radius 2 is 1.93 bits per heavy atom. The molecule has 0 saturated heterocycles. The van der Waals surface area contributed by atoms with Crippen LogP contribution in [0.5, 0.6) is 0 Å². The second-order valence-electron chi connectivity index (χ2n) is 4.08. The molecule has 0 fully saturated rings. The van der Waals surface area contributed by atoms with Gasteiger partial charge in [0.05, 0.1) is 0 Å². The van der Waals surface area contributed by atoms with Gasteiger partial charge in [0, 0.05) is 18.7 Å². The lowest BCUT2D eigenvalue weighted by Gasteiger charge is -2.22. The fourth-order valence-corrected chi connectivity index (χ4v) is 1.75. The molecule has 0 aromatic carbocycles. The molecule has 3 heteroatoms. The normalized spacial score (nSPS) is 14.3. The average molecular weight is 213 g/mol. The van der Waals surface area contributed by atoms with Crippen molar-refractivity contribution in [3.8, 4) is 0 Å². The lowest BCUT2D eigenvalue weighted by molar-refractivity contribution is -0.131. The predicted molar refractivity (Wildman–Crippen MR) is 62.9 cm³/mol. The number of carboxylic acids is 1. The third kappa shape index (κ3) is 6.28. The first kappa shape index (κ1) is 14.2. The fourth-order valence-electron chi connectivity index (χ4n) is 1.75. The van der Waals surface area contributed by atoms with E-state index in [-0.39, 0.29) is 0 Å². The van der Waals surface area contributed by atoms with Crippen LogP contribution in [-0.4, -0.2) is 23.7 Å². The van der Waals surface area contributed by atoms with E-state index in [0.717, 1.165) is 18.4 Å². The minimum atomic E-state index is -0.871. The number of carboxylic acid groups (broad SMARTS) is 1. The third-order valence-corrected chi connectivity index (χ3v) is 2.83. The van der Waals surface area contributed by atoms with E-state index in [1.165, 1.54) is 6.08 Å². The Hall–Kier alpha value is -0.830. The Balaban J connectivity index is 3.99. The topological polar surface area (TPSA) is 49.3 Å². The van der Waals surface area contributed by atoms with E-state index in [1.807, 2.05) is 6.92 Å². The van der Waals surface area contributed by atoms with Crippen molar-refractivity contribution in [3.63, 3.8) is 0 Å². The van der Waals surface area contributed by atoms with Gasteiger partial charge >= 0.3 is 5.97 Å². The largest absolute Gasteiger partial charge is 0.478 e. The van der Waals surface area contributed by atoms with Gasteiger partial charge in [-0.25, -0.2) is 4.79 Å². The van der Waals surface area contributed by atoms with Gasteiger partial charge in [-0.3, -0.25) is 0 Å². The van der Waals surface area contributed by atoms with Gasteiger partial charge in [0.15, 0.2) is 0 Å². The van der Waals surface area contributed by atoms with Crippen molar-refractivity contribution in [1.29, 1.82) is 0 Å². The van der Waals surface area contributed by atoms with Crippen LogP contribution in [-0.2, 0) is 4.79 Å². The molecule has 0 rings (SSSR count). The molecule has 0 aliphatic rings. The van der Waals surface area contributed by atoms with Crippen molar-refractivity contribution in [2.24, 2.45) is 5.92 Å². The summed E-state index contributed by atoms with van der Waals surface area (Å²) in [5.74, 6) is -0.202. The standard InChI is InChI=1S/C12H23NO2/c1-5-11(6-2)10(4)13-8-9(3)7-12(14)15/h7,10-11,13H,5-6,8H2,1-4H3,(H,14,15). The molecule has 0 amide bonds. The number of carbonyl (C=O) groups is 1. The second kappa shape index (κ2) is 7.46. The maximum absolute atomic E-state index is 10.4. The number of hydrogen-bond acceptors (Lipinski definition) is 2. The summed E-state index contributed by atoms with van der Waals surface area (Å²) in [5, 5.41) is 11.9. The highest BCUT2D eigenvalue weighted by Gasteiger charge is 2.12. The Bertz CT molecular complexity index is 220. The predicted octanol–water partition coefficient (Wildman–Crippen LogP) is 2.43. The van der Waals surface area contributed by atoms with E-state index in [4.69, 9.17) is 5.11 Å². The van der Waals surface area contributed by atoms with Gasteiger partial charge < -0.3 is 10.4 Å². The van der Waals surface area contributed by atoms with E-state index < -0.39 is 5.97 Å². The van der Waals surface area contributed by atoms with Crippen molar-refractivity contribution in [3.05, 3.63) is 11.6 Å². The molecule has 15 heavy (non-hydrogen) atoms. The Kier molecular flexibility index (Phi) is 7.05. The first-order valence-corrected chi connectivity index (χ1v) is 5.64. The van der Waals surface area contributed by atoms with E-state index in [9.17, 15) is 4.79 Å². The zero-order valence-corrected chi connectivity index (χ0v) is 10.2. The number of rotatable bonds is 7. The minimum Gasteiger partial charge on any atom is -0.478 e. The lowest BCUT2D eigenvalue weighted by atomic mass is 9.95. The summed E-state index contributed by atoms with van der Waals surface area (Å²) in [6.07, 6.45) is 3.57. The summed E-state index contributed by atoms with van der Waals surface area (Å²) in [5.41, 5.74) is 0.861. The maximum atomic E-state index is 10.4. The van der Waals surface area contributed by atoms with Gasteiger partial charge in [0.1, 0.15) is 0 Å². The first-order valence-electron chi connectivity index (χ1n) is 5.64. The second-order valence-corrected chi connectivity index (χ2v) is 4.08. The van der Waals surface area contributed by atoms with Crippen molar-refractivity contribution >= 4 is 5.97 Å². The summed E-state index contributed by atoms with van der Waals surface area (Å²) in [6, 6.07) is 0.442. The quantitative estimate of drug-likeness (QED) is 0.639. The molecule has 0 aromatic rings. The molecule has 0 aliphatic carbocycles. The highest BCUT2D eigenvalue weighted by Crippen LogP contribution is 2.12. The molecule has 0 radical (unpaired) electrons. The Morgan fingerprint density at radius 1 is 1.40 bits per heavy atom. The van der Waals surface area contributed by atoms with Crippen LogP contribution in [0.3, 0.4) is 0 Å². The van der Waals surface area contributed by atoms with E-state index in [0.29, 0.717) is 18.5 Å². The Labute approximate surface area is 92.6 Å². The molecule has 0 aliphatic heterocycles. The highest BCUT2D eigenvalue weighted by molar-refractivity contribution is 5.80. The Morgan fingerprint density at radius 3 is 2.33 bits per heavy atom. The third-order valence-electron chi connectivity index (χ3n) is 2.83. The van der Waals surface area contributed by atoms with Crippen LogP contribution in [0.25, 0.3) is 0 Å². The number of aliphatic carboxylic acids is 1. The SMILES string of the molecule is CCC(CC)C(C)NCC(C)=CC(=O)O. The summed E-state index contributed by atoms with van der Waals surface area (Å²) >= 11 is 0. The zero-order valence-electron chi connectivity index (χ0n) is 10.2.